The number of benzene rings is 2. The summed E-state index contributed by atoms with van der Waals surface area (Å²) in [4.78, 5) is 17.9. The molecule has 0 spiro atoms. The Kier molecular flexibility index (Phi) is 5.63. The number of piperazine rings is 1. The van der Waals surface area contributed by atoms with Crippen LogP contribution < -0.4 is 4.90 Å². The zero-order valence-electron chi connectivity index (χ0n) is 14.6. The van der Waals surface area contributed by atoms with Gasteiger partial charge in [-0.25, -0.2) is 4.39 Å². The van der Waals surface area contributed by atoms with E-state index in [4.69, 9.17) is 0 Å². The summed E-state index contributed by atoms with van der Waals surface area (Å²) in [5.41, 5.74) is 2.23. The number of hydrogen-bond acceptors (Lipinski definition) is 3. The molecule has 1 fully saturated rings. The average molecular weight is 358 g/mol. The maximum atomic E-state index is 13.0. The lowest BCUT2D eigenvalue weighted by atomic mass is 10.2. The van der Waals surface area contributed by atoms with Crippen molar-refractivity contribution in [3.63, 3.8) is 0 Å². The summed E-state index contributed by atoms with van der Waals surface area (Å²) < 4.78 is 13.0. The summed E-state index contributed by atoms with van der Waals surface area (Å²) in [5, 5.41) is -0.0972. The third-order valence-electron chi connectivity index (χ3n) is 4.46. The van der Waals surface area contributed by atoms with Gasteiger partial charge in [-0.05, 0) is 50.2 Å². The lowest BCUT2D eigenvalue weighted by molar-refractivity contribution is -0.130. The van der Waals surface area contributed by atoms with Gasteiger partial charge in [-0.1, -0.05) is 17.7 Å². The number of carbonyl (C=O) groups is 1. The molecule has 2 aromatic rings. The van der Waals surface area contributed by atoms with Gasteiger partial charge in [-0.3, -0.25) is 4.79 Å². The van der Waals surface area contributed by atoms with Crippen molar-refractivity contribution < 1.29 is 9.18 Å². The molecule has 0 aliphatic carbocycles. The fraction of sp³-hybridized carbons (Fsp3) is 0.350. The molecule has 1 unspecified atom stereocenters. The Morgan fingerprint density at radius 3 is 2.20 bits per heavy atom. The van der Waals surface area contributed by atoms with Crippen molar-refractivity contribution in [3.05, 3.63) is 59.9 Å². The van der Waals surface area contributed by atoms with Gasteiger partial charge in [0.25, 0.3) is 0 Å². The molecule has 0 N–H and O–H groups in total. The molecule has 2 aromatic carbocycles. The fourth-order valence-corrected chi connectivity index (χ4v) is 3.92. The van der Waals surface area contributed by atoms with Crippen LogP contribution in [0.2, 0.25) is 0 Å². The third-order valence-corrected chi connectivity index (χ3v) is 5.56. The molecule has 1 heterocycles. The summed E-state index contributed by atoms with van der Waals surface area (Å²) >= 11 is 1.61. The second-order valence-electron chi connectivity index (χ2n) is 6.36. The maximum absolute atomic E-state index is 13.0. The first-order valence-corrected chi connectivity index (χ1v) is 9.43. The first-order chi connectivity index (χ1) is 12.0. The summed E-state index contributed by atoms with van der Waals surface area (Å²) in [6, 6.07) is 14.8. The number of halogens is 1. The highest BCUT2D eigenvalue weighted by molar-refractivity contribution is 8.00. The molecule has 1 aliphatic rings. The van der Waals surface area contributed by atoms with Crippen LogP contribution in [0.15, 0.2) is 53.4 Å². The highest BCUT2D eigenvalue weighted by Gasteiger charge is 2.25. The predicted octanol–water partition coefficient (Wildman–Crippen LogP) is 3.96. The molecule has 1 aliphatic heterocycles. The van der Waals surface area contributed by atoms with E-state index in [1.54, 1.807) is 23.9 Å². The normalized spacial score (nSPS) is 16.0. The molecule has 0 radical (unpaired) electrons. The van der Waals surface area contributed by atoms with Gasteiger partial charge in [-0.15, -0.1) is 11.8 Å². The van der Waals surface area contributed by atoms with Gasteiger partial charge in [-0.2, -0.15) is 0 Å². The van der Waals surface area contributed by atoms with Crippen LogP contribution in [0.25, 0.3) is 0 Å². The quantitative estimate of drug-likeness (QED) is 0.773. The van der Waals surface area contributed by atoms with Gasteiger partial charge in [0.2, 0.25) is 5.91 Å². The van der Waals surface area contributed by atoms with Gasteiger partial charge in [0, 0.05) is 36.8 Å². The predicted molar refractivity (Wildman–Crippen MR) is 102 cm³/mol. The van der Waals surface area contributed by atoms with Crippen LogP contribution in [0.5, 0.6) is 0 Å². The van der Waals surface area contributed by atoms with E-state index in [0.29, 0.717) is 13.1 Å². The number of anilines is 1. The van der Waals surface area contributed by atoms with E-state index in [1.165, 1.54) is 17.7 Å². The van der Waals surface area contributed by atoms with Crippen molar-refractivity contribution in [2.75, 3.05) is 31.1 Å². The minimum atomic E-state index is -0.223. The van der Waals surface area contributed by atoms with Gasteiger partial charge in [0.1, 0.15) is 5.82 Å². The van der Waals surface area contributed by atoms with Gasteiger partial charge < -0.3 is 9.80 Å². The van der Waals surface area contributed by atoms with Gasteiger partial charge in [0.15, 0.2) is 0 Å². The number of hydrogen-bond donors (Lipinski definition) is 0. The van der Waals surface area contributed by atoms with Crippen molar-refractivity contribution in [1.82, 2.24) is 4.90 Å². The Morgan fingerprint density at radius 2 is 1.60 bits per heavy atom. The van der Waals surface area contributed by atoms with Crippen LogP contribution in [-0.2, 0) is 4.79 Å². The molecule has 1 atom stereocenters. The van der Waals surface area contributed by atoms with Gasteiger partial charge >= 0.3 is 0 Å². The molecular weight excluding hydrogens is 335 g/mol. The Balaban J connectivity index is 1.53. The van der Waals surface area contributed by atoms with Gasteiger partial charge in [0.05, 0.1) is 5.25 Å². The van der Waals surface area contributed by atoms with Crippen LogP contribution in [0.4, 0.5) is 10.1 Å². The van der Waals surface area contributed by atoms with Crippen molar-refractivity contribution in [2.45, 2.75) is 24.0 Å². The molecule has 3 rings (SSSR count). The molecule has 5 heteroatoms. The largest absolute Gasteiger partial charge is 0.368 e. The number of carbonyl (C=O) groups excluding carboxylic acids is 1. The van der Waals surface area contributed by atoms with Crippen molar-refractivity contribution in [1.29, 1.82) is 0 Å². The number of amides is 1. The van der Waals surface area contributed by atoms with E-state index in [2.05, 4.69) is 36.1 Å². The van der Waals surface area contributed by atoms with E-state index in [9.17, 15) is 9.18 Å². The van der Waals surface area contributed by atoms with E-state index in [0.717, 1.165) is 23.7 Å². The van der Waals surface area contributed by atoms with E-state index in [1.807, 2.05) is 11.8 Å². The van der Waals surface area contributed by atoms with Crippen LogP contribution in [0, 0.1) is 12.7 Å². The summed E-state index contributed by atoms with van der Waals surface area (Å²) in [6.07, 6.45) is 0. The highest BCUT2D eigenvalue weighted by Crippen LogP contribution is 2.25. The lowest BCUT2D eigenvalue weighted by Gasteiger charge is -2.37. The van der Waals surface area contributed by atoms with Crippen LogP contribution in [0.3, 0.4) is 0 Å². The molecule has 1 amide bonds. The summed E-state index contributed by atoms with van der Waals surface area (Å²) in [6.45, 7) is 6.99. The Labute approximate surface area is 152 Å². The molecule has 0 saturated carbocycles. The number of rotatable bonds is 4. The topological polar surface area (TPSA) is 23.6 Å². The zero-order chi connectivity index (χ0) is 17.8. The molecule has 0 aromatic heterocycles. The summed E-state index contributed by atoms with van der Waals surface area (Å²) in [5.74, 6) is -0.0381. The van der Waals surface area contributed by atoms with E-state index < -0.39 is 0 Å². The second-order valence-corrected chi connectivity index (χ2v) is 7.78. The number of aryl methyl sites for hydroxylation is 1. The maximum Gasteiger partial charge on any atom is 0.235 e. The summed E-state index contributed by atoms with van der Waals surface area (Å²) in [7, 11) is 0. The number of nitrogens with zero attached hydrogens (tertiary/aromatic N) is 2. The van der Waals surface area contributed by atoms with Crippen LogP contribution in [0.1, 0.15) is 12.5 Å². The third kappa shape index (κ3) is 4.54. The lowest BCUT2D eigenvalue weighted by Crippen LogP contribution is -2.50. The smallest absolute Gasteiger partial charge is 0.235 e. The van der Waals surface area contributed by atoms with Crippen molar-refractivity contribution in [2.24, 2.45) is 0 Å². The van der Waals surface area contributed by atoms with E-state index >= 15 is 0 Å². The molecule has 25 heavy (non-hydrogen) atoms. The molecule has 0 bridgehead atoms. The minimum absolute atomic E-state index is 0.0972. The minimum Gasteiger partial charge on any atom is -0.368 e. The van der Waals surface area contributed by atoms with E-state index in [-0.39, 0.29) is 17.0 Å². The average Bonchev–Trinajstić information content (AvgIpc) is 2.64. The fourth-order valence-electron chi connectivity index (χ4n) is 2.97. The Hall–Kier alpha value is -2.01. The van der Waals surface area contributed by atoms with Crippen LogP contribution >= 0.6 is 11.8 Å². The Bertz CT molecular complexity index is 709. The van der Waals surface area contributed by atoms with Crippen molar-refractivity contribution in [3.8, 4) is 0 Å². The van der Waals surface area contributed by atoms with Crippen molar-refractivity contribution >= 4 is 23.4 Å². The second kappa shape index (κ2) is 7.91. The molecule has 132 valence electrons. The Morgan fingerprint density at radius 1 is 1.00 bits per heavy atom. The first-order valence-electron chi connectivity index (χ1n) is 8.55. The highest BCUT2D eigenvalue weighted by atomic mass is 32.2. The number of thioether (sulfide) groups is 1. The first kappa shape index (κ1) is 17.8. The molecular formula is C20H23FN2OS. The molecule has 1 saturated heterocycles. The van der Waals surface area contributed by atoms with Crippen LogP contribution in [-0.4, -0.2) is 42.2 Å². The SMILES string of the molecule is Cc1ccc(SC(C)C(=O)N2CCN(c3ccc(F)cc3)CC2)cc1. The monoisotopic (exact) mass is 358 g/mol. The molecule has 3 nitrogen and oxygen atoms in total. The standard InChI is InChI=1S/C20H23FN2OS/c1-15-3-9-19(10-4-15)25-16(2)20(24)23-13-11-22(12-14-23)18-7-5-17(21)6-8-18/h3-10,16H,11-14H2,1-2H3. The zero-order valence-corrected chi connectivity index (χ0v) is 15.4.